The lowest BCUT2D eigenvalue weighted by Crippen LogP contribution is -2.40. The molecule has 0 radical (unpaired) electrons. The summed E-state index contributed by atoms with van der Waals surface area (Å²) >= 11 is 0. The summed E-state index contributed by atoms with van der Waals surface area (Å²) in [6.45, 7) is 7.57. The highest BCUT2D eigenvalue weighted by molar-refractivity contribution is 6.53. The molecule has 0 aromatic heterocycles. The number of nitrogens with one attached hydrogen (secondary N) is 1. The maximum atomic E-state index is 6.07. The van der Waals surface area contributed by atoms with E-state index in [9.17, 15) is 0 Å². The Morgan fingerprint density at radius 3 is 2.27 bits per heavy atom. The molecule has 2 saturated carbocycles. The first-order valence-corrected chi connectivity index (χ1v) is 10.0. The number of hydrogen-bond acceptors (Lipinski definition) is 4. The highest BCUT2D eigenvalue weighted by Gasteiger charge is 2.26. The number of nitrogens with zero attached hydrogens (tertiary/aromatic N) is 2. The van der Waals surface area contributed by atoms with Gasteiger partial charge in [0.15, 0.2) is 0 Å². The average molecular weight is 353 g/mol. The monoisotopic (exact) mass is 352 g/mol. The van der Waals surface area contributed by atoms with Gasteiger partial charge in [-0.05, 0) is 62.2 Å². The van der Waals surface area contributed by atoms with Crippen LogP contribution in [0, 0.1) is 5.92 Å². The Bertz CT molecular complexity index is 639. The fourth-order valence-electron chi connectivity index (χ4n) is 4.33. The molecule has 0 unspecified atom stereocenters. The maximum Gasteiger partial charge on any atom is 0.112 e. The van der Waals surface area contributed by atoms with Crippen molar-refractivity contribution in [2.45, 2.75) is 69.9 Å². The molecule has 0 atom stereocenters. The summed E-state index contributed by atoms with van der Waals surface area (Å²) in [6.07, 6.45) is 18.6. The number of hydrogen-bond donors (Lipinski definition) is 2. The maximum absolute atomic E-state index is 6.07. The van der Waals surface area contributed by atoms with E-state index in [1.54, 1.807) is 12.4 Å². The second kappa shape index (κ2) is 9.13. The second-order valence-corrected chi connectivity index (χ2v) is 7.65. The summed E-state index contributed by atoms with van der Waals surface area (Å²) in [4.78, 5) is 9.04. The van der Waals surface area contributed by atoms with E-state index >= 15 is 0 Å². The van der Waals surface area contributed by atoms with Gasteiger partial charge in [-0.3, -0.25) is 9.98 Å². The van der Waals surface area contributed by atoms with Crippen LogP contribution in [0.2, 0.25) is 0 Å². The molecular formula is C22H32N4. The molecule has 0 saturated heterocycles. The number of nitrogens with two attached hydrogens (primary N) is 1. The van der Waals surface area contributed by atoms with Crippen LogP contribution in [-0.4, -0.2) is 23.5 Å². The Kier molecular flexibility index (Phi) is 6.62. The van der Waals surface area contributed by atoms with Crippen LogP contribution in [0.25, 0.3) is 0 Å². The first-order valence-electron chi connectivity index (χ1n) is 10.0. The topological polar surface area (TPSA) is 62.8 Å². The van der Waals surface area contributed by atoms with Crippen LogP contribution in [-0.2, 0) is 0 Å². The van der Waals surface area contributed by atoms with Crippen molar-refractivity contribution in [3.8, 4) is 0 Å². The summed E-state index contributed by atoms with van der Waals surface area (Å²) in [6, 6.07) is 0.803. The molecule has 26 heavy (non-hydrogen) atoms. The molecule has 3 N–H and O–H groups in total. The van der Waals surface area contributed by atoms with E-state index in [1.165, 1.54) is 37.7 Å². The van der Waals surface area contributed by atoms with Gasteiger partial charge in [0.05, 0.1) is 11.4 Å². The molecule has 140 valence electrons. The molecular weight excluding hydrogens is 320 g/mol. The van der Waals surface area contributed by atoms with Crippen LogP contribution in [0.4, 0.5) is 0 Å². The third kappa shape index (κ3) is 4.61. The van der Waals surface area contributed by atoms with E-state index < -0.39 is 0 Å². The van der Waals surface area contributed by atoms with Gasteiger partial charge in [-0.1, -0.05) is 32.4 Å². The molecule has 0 aromatic rings. The Labute approximate surface area is 157 Å². The van der Waals surface area contributed by atoms with Crippen LogP contribution < -0.4 is 11.1 Å². The predicted molar refractivity (Wildman–Crippen MR) is 111 cm³/mol. The minimum atomic E-state index is 0.352. The first kappa shape index (κ1) is 18.8. The number of aliphatic imine (C=N–C) groups is 2. The average Bonchev–Trinajstić information content (AvgIpc) is 2.67. The second-order valence-electron chi connectivity index (χ2n) is 7.65. The van der Waals surface area contributed by atoms with Gasteiger partial charge in [0.1, 0.15) is 5.71 Å². The van der Waals surface area contributed by atoms with Crippen molar-refractivity contribution in [1.82, 2.24) is 5.32 Å². The highest BCUT2D eigenvalue weighted by atomic mass is 15.0. The van der Waals surface area contributed by atoms with E-state index in [1.807, 2.05) is 0 Å². The van der Waals surface area contributed by atoms with E-state index in [4.69, 9.17) is 5.73 Å². The molecule has 0 amide bonds. The first-order chi connectivity index (χ1) is 12.7. The smallest absolute Gasteiger partial charge is 0.112 e. The lowest BCUT2D eigenvalue weighted by Gasteiger charge is -2.31. The van der Waals surface area contributed by atoms with Gasteiger partial charge >= 0.3 is 0 Å². The summed E-state index contributed by atoms with van der Waals surface area (Å²) < 4.78 is 0. The quantitative estimate of drug-likeness (QED) is 0.720. The Hall–Kier alpha value is -1.94. The van der Waals surface area contributed by atoms with E-state index in [-0.39, 0.29) is 0 Å². The molecule has 0 aliphatic heterocycles. The molecule has 4 nitrogen and oxygen atoms in total. The van der Waals surface area contributed by atoms with Gasteiger partial charge in [0, 0.05) is 24.5 Å². The minimum Gasteiger partial charge on any atom is -0.380 e. The van der Waals surface area contributed by atoms with Crippen LogP contribution in [0.5, 0.6) is 0 Å². The van der Waals surface area contributed by atoms with Gasteiger partial charge in [-0.2, -0.15) is 0 Å². The van der Waals surface area contributed by atoms with Gasteiger partial charge in [0.25, 0.3) is 0 Å². The molecule has 3 aliphatic carbocycles. The fourth-order valence-corrected chi connectivity index (χ4v) is 4.33. The SMILES string of the molecule is C=C/N=C1/C=C(C2CCCCC2)C=C(N[C@H]2CC[C@H](N)CC2)/C1=N/C=C. The van der Waals surface area contributed by atoms with Crippen LogP contribution in [0.3, 0.4) is 0 Å². The lowest BCUT2D eigenvalue weighted by atomic mass is 9.80. The van der Waals surface area contributed by atoms with E-state index in [2.05, 4.69) is 40.6 Å². The lowest BCUT2D eigenvalue weighted by molar-refractivity contribution is 0.363. The van der Waals surface area contributed by atoms with Crippen molar-refractivity contribution < 1.29 is 0 Å². The zero-order valence-corrected chi connectivity index (χ0v) is 15.8. The Morgan fingerprint density at radius 1 is 0.923 bits per heavy atom. The fraction of sp³-hybridized carbons (Fsp3) is 0.545. The third-order valence-electron chi connectivity index (χ3n) is 5.77. The normalized spacial score (nSPS) is 30.7. The summed E-state index contributed by atoms with van der Waals surface area (Å²) in [5.74, 6) is 0.626. The van der Waals surface area contributed by atoms with E-state index in [0.29, 0.717) is 18.0 Å². The number of allylic oxidation sites excluding steroid dienone is 4. The zero-order chi connectivity index (χ0) is 18.4. The van der Waals surface area contributed by atoms with Crippen molar-refractivity contribution in [2.24, 2.45) is 21.6 Å². The Morgan fingerprint density at radius 2 is 1.62 bits per heavy atom. The molecule has 2 fully saturated rings. The minimum absolute atomic E-state index is 0.352. The molecule has 0 heterocycles. The molecule has 3 aliphatic rings. The Balaban J connectivity index is 1.87. The zero-order valence-electron chi connectivity index (χ0n) is 15.8. The largest absolute Gasteiger partial charge is 0.380 e. The van der Waals surface area contributed by atoms with Gasteiger partial charge in [-0.15, -0.1) is 0 Å². The van der Waals surface area contributed by atoms with Gasteiger partial charge in [-0.25, -0.2) is 0 Å². The standard InChI is InChI=1S/C22H32N4/c1-3-24-20-14-17(16-8-6-5-7-9-16)15-21(22(20)25-4-2)26-19-12-10-18(23)11-13-19/h3-4,14-16,18-19,26H,1-2,5-13,23H2/b24-20-,25-22+/t18-,19-. The van der Waals surface area contributed by atoms with Crippen LogP contribution in [0.15, 0.2) is 59.0 Å². The summed E-state index contributed by atoms with van der Waals surface area (Å²) in [7, 11) is 0. The van der Waals surface area contributed by atoms with Crippen molar-refractivity contribution in [2.75, 3.05) is 0 Å². The number of rotatable bonds is 5. The highest BCUT2D eigenvalue weighted by Crippen LogP contribution is 2.33. The van der Waals surface area contributed by atoms with Crippen molar-refractivity contribution in [1.29, 1.82) is 0 Å². The van der Waals surface area contributed by atoms with Gasteiger partial charge in [0.2, 0.25) is 0 Å². The molecule has 4 heteroatoms. The molecule has 0 spiro atoms. The summed E-state index contributed by atoms with van der Waals surface area (Å²) in [5.41, 5.74) is 10.3. The molecule has 3 rings (SSSR count). The summed E-state index contributed by atoms with van der Waals surface area (Å²) in [5, 5.41) is 3.74. The van der Waals surface area contributed by atoms with Gasteiger partial charge < -0.3 is 11.1 Å². The van der Waals surface area contributed by atoms with Crippen LogP contribution >= 0.6 is 0 Å². The van der Waals surface area contributed by atoms with Crippen molar-refractivity contribution in [3.05, 3.63) is 49.0 Å². The van der Waals surface area contributed by atoms with Crippen molar-refractivity contribution in [3.63, 3.8) is 0 Å². The van der Waals surface area contributed by atoms with E-state index in [0.717, 1.165) is 42.8 Å². The van der Waals surface area contributed by atoms with Crippen LogP contribution in [0.1, 0.15) is 57.8 Å². The third-order valence-corrected chi connectivity index (χ3v) is 5.77. The molecule has 0 aromatic carbocycles. The van der Waals surface area contributed by atoms with Crippen molar-refractivity contribution >= 4 is 11.4 Å². The predicted octanol–water partition coefficient (Wildman–Crippen LogP) is 4.42. The molecule has 0 bridgehead atoms.